The summed E-state index contributed by atoms with van der Waals surface area (Å²) in [5.41, 5.74) is 0. The lowest BCUT2D eigenvalue weighted by molar-refractivity contribution is -0.151. The molecule has 14 heavy (non-hydrogen) atoms. The van der Waals surface area contributed by atoms with E-state index in [2.05, 4.69) is 0 Å². The van der Waals surface area contributed by atoms with Crippen molar-refractivity contribution < 1.29 is 19.4 Å². The molecule has 0 spiro atoms. The molecule has 76 valence electrons. The zero-order valence-electron chi connectivity index (χ0n) is 7.22. The van der Waals surface area contributed by atoms with Crippen LogP contribution in [-0.2, 0) is 14.3 Å². The largest absolute Gasteiger partial charge is 0.481 e. The van der Waals surface area contributed by atoms with Gasteiger partial charge in [-0.3, -0.25) is 9.59 Å². The van der Waals surface area contributed by atoms with E-state index >= 15 is 0 Å². The summed E-state index contributed by atoms with van der Waals surface area (Å²) in [5.74, 6) is -2.36. The molecule has 2 aliphatic carbocycles. The van der Waals surface area contributed by atoms with Crippen LogP contribution in [-0.4, -0.2) is 28.5 Å². The van der Waals surface area contributed by atoms with E-state index < -0.39 is 17.8 Å². The van der Waals surface area contributed by atoms with Gasteiger partial charge in [0.25, 0.3) is 0 Å². The molecule has 3 aliphatic rings. The van der Waals surface area contributed by atoms with Crippen molar-refractivity contribution in [3.8, 4) is 0 Å². The number of carbonyl (C=O) groups excluding carboxylic acids is 1. The second kappa shape index (κ2) is 2.42. The number of hydrogen-bond acceptors (Lipinski definition) is 3. The topological polar surface area (TPSA) is 63.6 Å². The Bertz CT molecular complexity index is 329. The summed E-state index contributed by atoms with van der Waals surface area (Å²) in [4.78, 5) is 22.4. The van der Waals surface area contributed by atoms with Gasteiger partial charge in [-0.05, 0) is 12.3 Å². The van der Waals surface area contributed by atoms with Gasteiger partial charge in [-0.1, -0.05) is 0 Å². The second-order valence-electron chi connectivity index (χ2n) is 4.30. The number of alkyl halides is 1. The first kappa shape index (κ1) is 8.53. The average Bonchev–Trinajstić information content (AvgIpc) is 2.67. The molecule has 4 nitrogen and oxygen atoms in total. The van der Waals surface area contributed by atoms with Gasteiger partial charge in [0.05, 0.1) is 17.2 Å². The van der Waals surface area contributed by atoms with Gasteiger partial charge in [0.2, 0.25) is 0 Å². The number of carbonyl (C=O) groups is 2. The third-order valence-corrected chi connectivity index (χ3v) is 4.38. The number of carboxylic acid groups (broad SMARTS) is 1. The van der Waals surface area contributed by atoms with Crippen LogP contribution in [0.4, 0.5) is 0 Å². The summed E-state index contributed by atoms with van der Waals surface area (Å²) in [6, 6.07) is 0. The maximum Gasteiger partial charge on any atom is 0.310 e. The van der Waals surface area contributed by atoms with Gasteiger partial charge in [0.15, 0.2) is 0 Å². The highest BCUT2D eigenvalue weighted by atomic mass is 35.5. The summed E-state index contributed by atoms with van der Waals surface area (Å²) < 4.78 is 5.10. The van der Waals surface area contributed by atoms with Gasteiger partial charge in [-0.25, -0.2) is 0 Å². The van der Waals surface area contributed by atoms with Crippen molar-refractivity contribution >= 4 is 23.5 Å². The van der Waals surface area contributed by atoms with Gasteiger partial charge >= 0.3 is 11.9 Å². The molecule has 0 aromatic carbocycles. The molecule has 5 heteroatoms. The minimum atomic E-state index is -0.912. The Morgan fingerprint density at radius 3 is 2.86 bits per heavy atom. The van der Waals surface area contributed by atoms with Crippen molar-refractivity contribution in [2.45, 2.75) is 17.9 Å². The lowest BCUT2D eigenvalue weighted by Crippen LogP contribution is -2.38. The maximum absolute atomic E-state index is 11.4. The van der Waals surface area contributed by atoms with Crippen LogP contribution < -0.4 is 0 Å². The first-order chi connectivity index (χ1) is 6.61. The molecule has 0 unspecified atom stereocenters. The normalized spacial score (nSPS) is 53.6. The van der Waals surface area contributed by atoms with Crippen molar-refractivity contribution in [1.29, 1.82) is 0 Å². The van der Waals surface area contributed by atoms with Crippen LogP contribution in [0.3, 0.4) is 0 Å². The zero-order valence-corrected chi connectivity index (χ0v) is 7.98. The quantitative estimate of drug-likeness (QED) is 0.512. The predicted octanol–water partition coefficient (Wildman–Crippen LogP) is 0.486. The molecule has 1 N–H and O–H groups in total. The number of hydrogen-bond donors (Lipinski definition) is 1. The lowest BCUT2D eigenvalue weighted by atomic mass is 9.80. The highest BCUT2D eigenvalue weighted by Crippen LogP contribution is 2.59. The summed E-state index contributed by atoms with van der Waals surface area (Å²) in [7, 11) is 0. The summed E-state index contributed by atoms with van der Waals surface area (Å²) in [6.45, 7) is 0. The minimum absolute atomic E-state index is 0.0519. The Balaban J connectivity index is 2.04. The molecule has 2 saturated carbocycles. The highest BCUT2D eigenvalue weighted by Gasteiger charge is 2.68. The third kappa shape index (κ3) is 0.764. The molecule has 1 heterocycles. The van der Waals surface area contributed by atoms with Gasteiger partial charge in [-0.2, -0.15) is 0 Å². The highest BCUT2D eigenvalue weighted by molar-refractivity contribution is 6.22. The fourth-order valence-electron chi connectivity index (χ4n) is 3.31. The smallest absolute Gasteiger partial charge is 0.310 e. The Kier molecular flexibility index (Phi) is 1.48. The van der Waals surface area contributed by atoms with Crippen molar-refractivity contribution in [2.24, 2.45) is 23.7 Å². The lowest BCUT2D eigenvalue weighted by Gasteiger charge is -2.24. The second-order valence-corrected chi connectivity index (χ2v) is 4.80. The molecule has 0 radical (unpaired) electrons. The van der Waals surface area contributed by atoms with E-state index in [1.165, 1.54) is 0 Å². The molecule has 3 rings (SSSR count). The first-order valence-corrected chi connectivity index (χ1v) is 5.12. The summed E-state index contributed by atoms with van der Waals surface area (Å²) in [5, 5.41) is 8.72. The number of rotatable bonds is 1. The fraction of sp³-hybridized carbons (Fsp3) is 0.778. The molecule has 0 aromatic heterocycles. The molecular weight excluding hydrogens is 208 g/mol. The number of aliphatic carboxylic acids is 1. The van der Waals surface area contributed by atoms with Crippen LogP contribution in [0.5, 0.6) is 0 Å². The van der Waals surface area contributed by atoms with Crippen LogP contribution in [0.25, 0.3) is 0 Å². The minimum Gasteiger partial charge on any atom is -0.481 e. The van der Waals surface area contributed by atoms with E-state index in [1.54, 1.807) is 0 Å². The van der Waals surface area contributed by atoms with Gasteiger partial charge < -0.3 is 9.84 Å². The van der Waals surface area contributed by atoms with Crippen molar-refractivity contribution in [2.75, 3.05) is 0 Å². The van der Waals surface area contributed by atoms with E-state index in [0.717, 1.165) is 6.42 Å². The van der Waals surface area contributed by atoms with Crippen LogP contribution in [0, 0.1) is 23.7 Å². The van der Waals surface area contributed by atoms with Gasteiger partial charge in [-0.15, -0.1) is 11.6 Å². The number of ether oxygens (including phenoxy) is 1. The molecule has 1 saturated heterocycles. The molecule has 0 aromatic rings. The Morgan fingerprint density at radius 2 is 2.21 bits per heavy atom. The fourth-order valence-corrected chi connectivity index (χ4v) is 3.81. The van der Waals surface area contributed by atoms with Crippen molar-refractivity contribution in [3.63, 3.8) is 0 Å². The zero-order chi connectivity index (χ0) is 10.0. The Morgan fingerprint density at radius 1 is 1.50 bits per heavy atom. The molecule has 6 atom stereocenters. The predicted molar refractivity (Wildman–Crippen MR) is 45.7 cm³/mol. The molecule has 2 bridgehead atoms. The van der Waals surface area contributed by atoms with E-state index in [-0.39, 0.29) is 29.3 Å². The van der Waals surface area contributed by atoms with Crippen LogP contribution in [0.1, 0.15) is 6.42 Å². The molecular formula is C9H9ClO4. The number of halogens is 1. The molecule has 0 amide bonds. The van der Waals surface area contributed by atoms with Crippen LogP contribution >= 0.6 is 11.6 Å². The van der Waals surface area contributed by atoms with E-state index in [9.17, 15) is 9.59 Å². The van der Waals surface area contributed by atoms with Gasteiger partial charge in [0.1, 0.15) is 6.10 Å². The monoisotopic (exact) mass is 216 g/mol. The van der Waals surface area contributed by atoms with E-state index in [0.29, 0.717) is 0 Å². The first-order valence-electron chi connectivity index (χ1n) is 4.68. The number of esters is 1. The third-order valence-electron chi connectivity index (χ3n) is 3.81. The summed E-state index contributed by atoms with van der Waals surface area (Å²) >= 11 is 6.07. The van der Waals surface area contributed by atoms with Gasteiger partial charge in [0, 0.05) is 5.92 Å². The maximum atomic E-state index is 11.4. The van der Waals surface area contributed by atoms with Crippen LogP contribution in [0.2, 0.25) is 0 Å². The SMILES string of the molecule is O=C(O)[C@@H]1[C@@H]2C[C@H]3[C@@H](OC(=O)[C@@H]31)[C@H]2Cl. The van der Waals surface area contributed by atoms with Crippen molar-refractivity contribution in [3.05, 3.63) is 0 Å². The number of fused-ring (bicyclic) bond motifs is 1. The summed E-state index contributed by atoms with van der Waals surface area (Å²) in [6.07, 6.45) is 0.501. The Hall–Kier alpha value is -0.770. The van der Waals surface area contributed by atoms with E-state index in [1.807, 2.05) is 0 Å². The van der Waals surface area contributed by atoms with Crippen molar-refractivity contribution in [1.82, 2.24) is 0 Å². The molecule has 1 aliphatic heterocycles. The number of carboxylic acids is 1. The standard InChI is InChI=1S/C9H9ClO4/c10-6-2-1-3-5(4(2)8(11)12)9(13)14-7(3)6/h2-7H,1H2,(H,11,12)/t2-,3+,4+,5-,6-,7+/m0/s1. The average molecular weight is 217 g/mol. The van der Waals surface area contributed by atoms with Crippen LogP contribution in [0.15, 0.2) is 0 Å². The molecule has 3 fully saturated rings. The van der Waals surface area contributed by atoms with E-state index in [4.69, 9.17) is 21.4 Å². The Labute approximate surface area is 85.2 Å².